The van der Waals surface area contributed by atoms with Gasteiger partial charge < -0.3 is 11.1 Å². The Bertz CT molecular complexity index is 485. The number of hydrogen-bond donors (Lipinski definition) is 2. The Morgan fingerprint density at radius 2 is 1.73 bits per heavy atom. The van der Waals surface area contributed by atoms with Crippen molar-refractivity contribution in [2.45, 2.75) is 63.3 Å². The van der Waals surface area contributed by atoms with E-state index in [0.717, 1.165) is 38.5 Å². The van der Waals surface area contributed by atoms with Gasteiger partial charge in [0, 0.05) is 12.6 Å². The van der Waals surface area contributed by atoms with Crippen LogP contribution >= 0.6 is 0 Å². The molecule has 0 atom stereocenters. The first-order chi connectivity index (χ1) is 10.7. The van der Waals surface area contributed by atoms with Crippen LogP contribution in [0.25, 0.3) is 0 Å². The van der Waals surface area contributed by atoms with Gasteiger partial charge in [-0.05, 0) is 50.0 Å². The lowest BCUT2D eigenvalue weighted by Crippen LogP contribution is -2.48. The molecule has 1 aromatic rings. The van der Waals surface area contributed by atoms with Gasteiger partial charge in [-0.25, -0.2) is 0 Å². The molecule has 120 valence electrons. The zero-order valence-corrected chi connectivity index (χ0v) is 13.4. The summed E-state index contributed by atoms with van der Waals surface area (Å²) >= 11 is 0. The Morgan fingerprint density at radius 3 is 2.32 bits per heavy atom. The van der Waals surface area contributed by atoms with Gasteiger partial charge in [-0.3, -0.25) is 4.79 Å². The molecule has 3 N–H and O–H groups in total. The van der Waals surface area contributed by atoms with Gasteiger partial charge in [-0.15, -0.1) is 0 Å². The molecular weight excluding hydrogens is 272 g/mol. The van der Waals surface area contributed by atoms with Crippen molar-refractivity contribution >= 4 is 5.91 Å². The number of carbonyl (C=O) groups excluding carboxylic acids is 1. The Kier molecular flexibility index (Phi) is 4.82. The van der Waals surface area contributed by atoms with Gasteiger partial charge in [0.2, 0.25) is 5.91 Å². The van der Waals surface area contributed by atoms with Crippen molar-refractivity contribution in [1.82, 2.24) is 5.32 Å². The van der Waals surface area contributed by atoms with E-state index in [-0.39, 0.29) is 11.3 Å². The average Bonchev–Trinajstić information content (AvgIpc) is 3.07. The maximum atomic E-state index is 12.6. The molecule has 0 bridgehead atoms. The maximum Gasteiger partial charge on any atom is 0.227 e. The highest BCUT2D eigenvalue weighted by atomic mass is 16.2. The number of amides is 1. The third-order valence-electron chi connectivity index (χ3n) is 5.77. The SMILES string of the molecule is NCC1(C(=O)NC2CCC(c3ccccc3)CC2)CCCC1. The molecule has 0 heterocycles. The van der Waals surface area contributed by atoms with Crippen LogP contribution in [0, 0.1) is 5.41 Å². The maximum absolute atomic E-state index is 12.6. The fourth-order valence-electron chi connectivity index (χ4n) is 4.21. The summed E-state index contributed by atoms with van der Waals surface area (Å²) in [7, 11) is 0. The van der Waals surface area contributed by atoms with Crippen LogP contribution in [0.2, 0.25) is 0 Å². The van der Waals surface area contributed by atoms with Crippen molar-refractivity contribution < 1.29 is 4.79 Å². The quantitative estimate of drug-likeness (QED) is 0.896. The summed E-state index contributed by atoms with van der Waals surface area (Å²) < 4.78 is 0. The molecule has 3 heteroatoms. The monoisotopic (exact) mass is 300 g/mol. The first-order valence-electron chi connectivity index (χ1n) is 8.79. The van der Waals surface area contributed by atoms with E-state index in [0.29, 0.717) is 18.5 Å². The molecule has 1 aromatic carbocycles. The van der Waals surface area contributed by atoms with Crippen molar-refractivity contribution in [3.05, 3.63) is 35.9 Å². The van der Waals surface area contributed by atoms with E-state index in [4.69, 9.17) is 5.73 Å². The van der Waals surface area contributed by atoms with Gasteiger partial charge in [0.1, 0.15) is 0 Å². The zero-order valence-electron chi connectivity index (χ0n) is 13.4. The van der Waals surface area contributed by atoms with E-state index in [2.05, 4.69) is 35.6 Å². The molecule has 0 radical (unpaired) electrons. The Labute approximate surface area is 133 Å². The number of hydrogen-bond acceptors (Lipinski definition) is 2. The molecule has 0 saturated heterocycles. The van der Waals surface area contributed by atoms with E-state index >= 15 is 0 Å². The van der Waals surface area contributed by atoms with Gasteiger partial charge in [0.05, 0.1) is 5.41 Å². The van der Waals surface area contributed by atoms with Gasteiger partial charge in [0.15, 0.2) is 0 Å². The van der Waals surface area contributed by atoms with Crippen LogP contribution in [0.5, 0.6) is 0 Å². The van der Waals surface area contributed by atoms with Crippen LogP contribution in [0.4, 0.5) is 0 Å². The highest BCUT2D eigenvalue weighted by Gasteiger charge is 2.40. The zero-order chi connectivity index (χ0) is 15.4. The van der Waals surface area contributed by atoms with E-state index in [1.165, 1.54) is 18.4 Å². The summed E-state index contributed by atoms with van der Waals surface area (Å²) in [6, 6.07) is 11.1. The molecule has 3 nitrogen and oxygen atoms in total. The first kappa shape index (κ1) is 15.5. The first-order valence-corrected chi connectivity index (χ1v) is 8.79. The summed E-state index contributed by atoms with van der Waals surface area (Å²) in [5.41, 5.74) is 7.09. The summed E-state index contributed by atoms with van der Waals surface area (Å²) in [6.07, 6.45) is 8.74. The summed E-state index contributed by atoms with van der Waals surface area (Å²) in [6.45, 7) is 0.498. The van der Waals surface area contributed by atoms with Crippen molar-refractivity contribution in [3.63, 3.8) is 0 Å². The summed E-state index contributed by atoms with van der Waals surface area (Å²) in [5, 5.41) is 3.31. The van der Waals surface area contributed by atoms with Gasteiger partial charge in [-0.1, -0.05) is 43.2 Å². The lowest BCUT2D eigenvalue weighted by molar-refractivity contribution is -0.131. The lowest BCUT2D eigenvalue weighted by atomic mass is 9.80. The van der Waals surface area contributed by atoms with Crippen LogP contribution < -0.4 is 11.1 Å². The molecule has 0 spiro atoms. The van der Waals surface area contributed by atoms with Crippen LogP contribution in [0.1, 0.15) is 62.8 Å². The molecule has 0 aromatic heterocycles. The third kappa shape index (κ3) is 3.19. The third-order valence-corrected chi connectivity index (χ3v) is 5.77. The van der Waals surface area contributed by atoms with Gasteiger partial charge in [0.25, 0.3) is 0 Å². The molecule has 2 saturated carbocycles. The second-order valence-electron chi connectivity index (χ2n) is 7.12. The smallest absolute Gasteiger partial charge is 0.227 e. The number of rotatable bonds is 4. The minimum atomic E-state index is -0.268. The topological polar surface area (TPSA) is 55.1 Å². The Morgan fingerprint density at radius 1 is 1.09 bits per heavy atom. The van der Waals surface area contributed by atoms with Crippen LogP contribution in [0.15, 0.2) is 30.3 Å². The summed E-state index contributed by atoms with van der Waals surface area (Å²) in [5.74, 6) is 0.875. The fraction of sp³-hybridized carbons (Fsp3) is 0.632. The number of nitrogens with two attached hydrogens (primary N) is 1. The highest BCUT2D eigenvalue weighted by Crippen LogP contribution is 2.38. The minimum Gasteiger partial charge on any atom is -0.353 e. The van der Waals surface area contributed by atoms with Crippen LogP contribution in [0.3, 0.4) is 0 Å². The molecule has 1 amide bonds. The Hall–Kier alpha value is -1.35. The molecule has 2 fully saturated rings. The second-order valence-corrected chi connectivity index (χ2v) is 7.12. The molecule has 2 aliphatic carbocycles. The molecule has 0 aliphatic heterocycles. The van der Waals surface area contributed by atoms with Gasteiger partial charge in [-0.2, -0.15) is 0 Å². The number of benzene rings is 1. The minimum absolute atomic E-state index is 0.218. The van der Waals surface area contributed by atoms with Crippen LogP contribution in [-0.2, 0) is 4.79 Å². The highest BCUT2D eigenvalue weighted by molar-refractivity contribution is 5.83. The van der Waals surface area contributed by atoms with Crippen molar-refractivity contribution in [1.29, 1.82) is 0 Å². The van der Waals surface area contributed by atoms with Gasteiger partial charge >= 0.3 is 0 Å². The van der Waals surface area contributed by atoms with Crippen molar-refractivity contribution in [3.8, 4) is 0 Å². The van der Waals surface area contributed by atoms with E-state index < -0.39 is 0 Å². The van der Waals surface area contributed by atoms with E-state index in [1.54, 1.807) is 0 Å². The molecular formula is C19H28N2O. The van der Waals surface area contributed by atoms with Crippen LogP contribution in [-0.4, -0.2) is 18.5 Å². The second kappa shape index (κ2) is 6.82. The predicted octanol–water partition coefficient (Wildman–Crippen LogP) is 3.35. The van der Waals surface area contributed by atoms with E-state index in [9.17, 15) is 4.79 Å². The normalized spacial score (nSPS) is 27.5. The summed E-state index contributed by atoms with van der Waals surface area (Å²) in [4.78, 5) is 12.6. The number of nitrogens with one attached hydrogen (secondary N) is 1. The van der Waals surface area contributed by atoms with Crippen molar-refractivity contribution in [2.75, 3.05) is 6.54 Å². The largest absolute Gasteiger partial charge is 0.353 e. The predicted molar refractivity (Wildman–Crippen MR) is 89.5 cm³/mol. The number of carbonyl (C=O) groups is 1. The molecule has 3 rings (SSSR count). The Balaban J connectivity index is 1.53. The van der Waals surface area contributed by atoms with E-state index in [1.807, 2.05) is 0 Å². The standard InChI is InChI=1S/C19H28N2O/c20-14-19(12-4-5-13-19)18(22)21-17-10-8-16(9-11-17)15-6-2-1-3-7-15/h1-3,6-7,16-17H,4-5,8-14,20H2,(H,21,22). The lowest BCUT2D eigenvalue weighted by Gasteiger charge is -2.33. The molecule has 2 aliphatic rings. The fourth-order valence-corrected chi connectivity index (χ4v) is 4.21. The molecule has 22 heavy (non-hydrogen) atoms. The van der Waals surface area contributed by atoms with Crippen molar-refractivity contribution in [2.24, 2.45) is 11.1 Å². The average molecular weight is 300 g/mol. The molecule has 0 unspecified atom stereocenters.